The van der Waals surface area contributed by atoms with Gasteiger partial charge < -0.3 is 16.2 Å². The highest BCUT2D eigenvalue weighted by molar-refractivity contribution is 6.31. The Kier molecular flexibility index (Phi) is 5.02. The highest BCUT2D eigenvalue weighted by atomic mass is 35.5. The molecule has 1 amide bonds. The van der Waals surface area contributed by atoms with Gasteiger partial charge in [-0.15, -0.1) is 0 Å². The Hall–Kier alpha value is -1.70. The molecule has 1 unspecified atom stereocenters. The van der Waals surface area contributed by atoms with Gasteiger partial charge in [-0.05, 0) is 6.07 Å². The number of primary amides is 1. The van der Waals surface area contributed by atoms with E-state index in [2.05, 4.69) is 5.32 Å². The van der Waals surface area contributed by atoms with Crippen molar-refractivity contribution in [1.82, 2.24) is 5.32 Å². The van der Waals surface area contributed by atoms with E-state index in [9.17, 15) is 14.9 Å². The molecule has 8 heteroatoms. The minimum Gasteiger partial charge on any atom is -0.382 e. The number of hydrogen-bond donors (Lipinski definition) is 3. The average Bonchev–Trinajstić information content (AvgIpc) is 2.30. The van der Waals surface area contributed by atoms with Crippen molar-refractivity contribution in [1.29, 1.82) is 0 Å². The van der Waals surface area contributed by atoms with E-state index < -0.39 is 16.9 Å². The third kappa shape index (κ3) is 3.66. The first-order valence-electron chi connectivity index (χ1n) is 5.03. The van der Waals surface area contributed by atoms with Crippen LogP contribution in [0.15, 0.2) is 18.2 Å². The van der Waals surface area contributed by atoms with Crippen LogP contribution in [0.25, 0.3) is 0 Å². The second kappa shape index (κ2) is 6.29. The molecule has 18 heavy (non-hydrogen) atoms. The number of amides is 1. The molecule has 0 bridgehead atoms. The first-order chi connectivity index (χ1) is 8.43. The maximum Gasteiger partial charge on any atom is 0.275 e. The fourth-order valence-electron chi connectivity index (χ4n) is 1.33. The predicted molar refractivity (Wildman–Crippen MR) is 65.0 cm³/mol. The van der Waals surface area contributed by atoms with Crippen molar-refractivity contribution in [3.05, 3.63) is 38.9 Å². The molecule has 0 saturated carbocycles. The van der Waals surface area contributed by atoms with Gasteiger partial charge >= 0.3 is 0 Å². The van der Waals surface area contributed by atoms with Gasteiger partial charge in [0.05, 0.1) is 15.5 Å². The van der Waals surface area contributed by atoms with Crippen LogP contribution in [0.2, 0.25) is 5.02 Å². The lowest BCUT2D eigenvalue weighted by Crippen LogP contribution is -2.37. The average molecular weight is 274 g/mol. The standard InChI is InChI=1S/C10H12ClN3O4/c11-7-2-1-3-8(14(17)18)6(7)4-13-5-9(15)10(12)16/h1-3,9,13,15H,4-5H2,(H2,12,16). The van der Waals surface area contributed by atoms with Crippen LogP contribution in [0.4, 0.5) is 5.69 Å². The maximum atomic E-state index is 10.8. The van der Waals surface area contributed by atoms with Crippen LogP contribution < -0.4 is 11.1 Å². The summed E-state index contributed by atoms with van der Waals surface area (Å²) in [7, 11) is 0. The molecule has 98 valence electrons. The number of nitrogens with one attached hydrogen (secondary N) is 1. The lowest BCUT2D eigenvalue weighted by molar-refractivity contribution is -0.385. The molecular weight excluding hydrogens is 262 g/mol. The Morgan fingerprint density at radius 1 is 1.61 bits per heavy atom. The van der Waals surface area contributed by atoms with Crippen molar-refractivity contribution >= 4 is 23.2 Å². The second-order valence-electron chi connectivity index (χ2n) is 3.54. The summed E-state index contributed by atoms with van der Waals surface area (Å²) in [5, 5.41) is 22.8. The van der Waals surface area contributed by atoms with Crippen molar-refractivity contribution in [3.8, 4) is 0 Å². The van der Waals surface area contributed by atoms with Gasteiger partial charge in [0.1, 0.15) is 6.10 Å². The lowest BCUT2D eigenvalue weighted by Gasteiger charge is -2.09. The fourth-order valence-corrected chi connectivity index (χ4v) is 1.56. The Morgan fingerprint density at radius 2 is 2.28 bits per heavy atom. The minimum atomic E-state index is -1.34. The molecule has 7 nitrogen and oxygen atoms in total. The van der Waals surface area contributed by atoms with Crippen LogP contribution in [-0.4, -0.2) is 28.6 Å². The van der Waals surface area contributed by atoms with E-state index in [1.54, 1.807) is 0 Å². The number of aliphatic hydroxyl groups is 1. The van der Waals surface area contributed by atoms with E-state index in [1.165, 1.54) is 18.2 Å². The molecule has 1 rings (SSSR count). The van der Waals surface area contributed by atoms with E-state index in [4.69, 9.17) is 22.4 Å². The van der Waals surface area contributed by atoms with Crippen LogP contribution >= 0.6 is 11.6 Å². The number of nitrogens with two attached hydrogens (primary N) is 1. The summed E-state index contributed by atoms with van der Waals surface area (Å²) in [6.07, 6.45) is -1.34. The zero-order valence-electron chi connectivity index (χ0n) is 9.30. The number of rotatable bonds is 6. The number of nitrogens with zero attached hydrogens (tertiary/aromatic N) is 1. The Labute approximate surface area is 108 Å². The Morgan fingerprint density at radius 3 is 2.83 bits per heavy atom. The van der Waals surface area contributed by atoms with Gasteiger partial charge in [-0.1, -0.05) is 17.7 Å². The van der Waals surface area contributed by atoms with Gasteiger partial charge in [0.25, 0.3) is 5.69 Å². The van der Waals surface area contributed by atoms with Crippen LogP contribution in [-0.2, 0) is 11.3 Å². The molecule has 0 aliphatic rings. The Bertz CT molecular complexity index is 466. The van der Waals surface area contributed by atoms with Gasteiger partial charge in [-0.2, -0.15) is 0 Å². The third-order valence-corrected chi connectivity index (χ3v) is 2.61. The molecule has 0 heterocycles. The molecule has 1 aromatic rings. The molecule has 1 atom stereocenters. The van der Waals surface area contributed by atoms with Crippen molar-refractivity contribution in [3.63, 3.8) is 0 Å². The summed E-state index contributed by atoms with van der Waals surface area (Å²) >= 11 is 5.85. The quantitative estimate of drug-likeness (QED) is 0.505. The summed E-state index contributed by atoms with van der Waals surface area (Å²) in [4.78, 5) is 20.8. The monoisotopic (exact) mass is 273 g/mol. The number of halogens is 1. The SMILES string of the molecule is NC(=O)C(O)CNCc1c(Cl)cccc1[N+](=O)[O-]. The molecule has 0 spiro atoms. The second-order valence-corrected chi connectivity index (χ2v) is 3.95. The molecule has 0 aliphatic carbocycles. The normalized spacial score (nSPS) is 12.1. The number of nitro groups is 1. The molecule has 0 fully saturated rings. The van der Waals surface area contributed by atoms with Crippen LogP contribution in [0.1, 0.15) is 5.56 Å². The summed E-state index contributed by atoms with van der Waals surface area (Å²) in [5.74, 6) is -0.865. The van der Waals surface area contributed by atoms with Gasteiger partial charge in [-0.3, -0.25) is 14.9 Å². The van der Waals surface area contributed by atoms with E-state index >= 15 is 0 Å². The van der Waals surface area contributed by atoms with Gasteiger partial charge in [0, 0.05) is 19.2 Å². The van der Waals surface area contributed by atoms with E-state index in [0.717, 1.165) is 0 Å². The van der Waals surface area contributed by atoms with Crippen molar-refractivity contribution in [2.75, 3.05) is 6.54 Å². The molecule has 0 aromatic heterocycles. The van der Waals surface area contributed by atoms with Crippen LogP contribution in [0, 0.1) is 10.1 Å². The number of aliphatic hydroxyl groups excluding tert-OH is 1. The molecule has 0 saturated heterocycles. The lowest BCUT2D eigenvalue weighted by atomic mass is 10.1. The van der Waals surface area contributed by atoms with E-state index in [-0.39, 0.29) is 23.8 Å². The van der Waals surface area contributed by atoms with Gasteiger partial charge in [0.15, 0.2) is 0 Å². The molecular formula is C10H12ClN3O4. The summed E-state index contributed by atoms with van der Waals surface area (Å²) in [6, 6.07) is 4.33. The largest absolute Gasteiger partial charge is 0.382 e. The zero-order valence-corrected chi connectivity index (χ0v) is 10.1. The first-order valence-corrected chi connectivity index (χ1v) is 5.41. The highest BCUT2D eigenvalue weighted by Crippen LogP contribution is 2.25. The number of nitro benzene ring substituents is 1. The summed E-state index contributed by atoms with van der Waals surface area (Å²) in [6.45, 7) is -0.0436. The van der Waals surface area contributed by atoms with E-state index in [0.29, 0.717) is 5.56 Å². The first kappa shape index (κ1) is 14.4. The minimum absolute atomic E-state index is 0.0559. The number of carbonyl (C=O) groups excluding carboxylic acids is 1. The summed E-state index contributed by atoms with van der Waals surface area (Å²) < 4.78 is 0. The molecule has 4 N–H and O–H groups in total. The number of benzene rings is 1. The molecule has 0 aliphatic heterocycles. The topological polar surface area (TPSA) is 118 Å². The number of hydrogen-bond acceptors (Lipinski definition) is 5. The van der Waals surface area contributed by atoms with Crippen molar-refractivity contribution < 1.29 is 14.8 Å². The highest BCUT2D eigenvalue weighted by Gasteiger charge is 2.17. The molecule has 0 radical (unpaired) electrons. The Balaban J connectivity index is 2.72. The van der Waals surface area contributed by atoms with Crippen LogP contribution in [0.5, 0.6) is 0 Å². The van der Waals surface area contributed by atoms with E-state index in [1.807, 2.05) is 0 Å². The van der Waals surface area contributed by atoms with Crippen molar-refractivity contribution in [2.45, 2.75) is 12.6 Å². The smallest absolute Gasteiger partial charge is 0.275 e. The third-order valence-electron chi connectivity index (χ3n) is 2.26. The maximum absolute atomic E-state index is 10.8. The zero-order chi connectivity index (χ0) is 13.7. The van der Waals surface area contributed by atoms with Crippen LogP contribution in [0.3, 0.4) is 0 Å². The summed E-state index contributed by atoms with van der Waals surface area (Å²) in [5.41, 5.74) is 5.03. The predicted octanol–water partition coefficient (Wildman–Crippen LogP) is 0.184. The van der Waals surface area contributed by atoms with Gasteiger partial charge in [-0.25, -0.2) is 0 Å². The fraction of sp³-hybridized carbons (Fsp3) is 0.300. The van der Waals surface area contributed by atoms with Gasteiger partial charge in [0.2, 0.25) is 5.91 Å². The molecule has 1 aromatic carbocycles. The number of carbonyl (C=O) groups is 1. The van der Waals surface area contributed by atoms with Crippen molar-refractivity contribution in [2.24, 2.45) is 5.73 Å².